The number of hydrogen-bond donors (Lipinski definition) is 1. The Hall–Kier alpha value is -1.41. The molecular formula is C12H16BrN3O4. The number of nitrogens with one attached hydrogen (secondary N) is 1. The summed E-state index contributed by atoms with van der Waals surface area (Å²) in [4.78, 5) is 22.6. The quantitative estimate of drug-likeness (QED) is 0.510. The number of rotatable bonds is 4. The summed E-state index contributed by atoms with van der Waals surface area (Å²) in [5, 5.41) is 14.4. The Kier molecular flexibility index (Phi) is 4.44. The van der Waals surface area contributed by atoms with E-state index in [-0.39, 0.29) is 23.0 Å². The van der Waals surface area contributed by atoms with Crippen molar-refractivity contribution in [1.29, 1.82) is 0 Å². The van der Waals surface area contributed by atoms with E-state index in [1.165, 1.54) is 23.7 Å². The van der Waals surface area contributed by atoms with Crippen molar-refractivity contribution >= 4 is 27.7 Å². The summed E-state index contributed by atoms with van der Waals surface area (Å²) >= 11 is 3.43. The molecule has 1 fully saturated rings. The van der Waals surface area contributed by atoms with Gasteiger partial charge in [0.2, 0.25) is 0 Å². The van der Waals surface area contributed by atoms with Crippen LogP contribution in [0.3, 0.4) is 0 Å². The molecule has 2 heterocycles. The van der Waals surface area contributed by atoms with Gasteiger partial charge in [-0.15, -0.1) is 0 Å². The molecule has 20 heavy (non-hydrogen) atoms. The van der Waals surface area contributed by atoms with Gasteiger partial charge in [0.25, 0.3) is 5.91 Å². The Morgan fingerprint density at radius 1 is 1.55 bits per heavy atom. The van der Waals surface area contributed by atoms with Crippen LogP contribution < -0.4 is 5.32 Å². The minimum absolute atomic E-state index is 0.102. The number of nitrogens with zero attached hydrogens (tertiary/aromatic N) is 2. The van der Waals surface area contributed by atoms with E-state index in [9.17, 15) is 14.9 Å². The van der Waals surface area contributed by atoms with Crippen LogP contribution in [0, 0.1) is 10.1 Å². The minimum atomic E-state index is -0.508. The van der Waals surface area contributed by atoms with Crippen LogP contribution in [0.1, 0.15) is 23.3 Å². The molecule has 1 aromatic heterocycles. The van der Waals surface area contributed by atoms with Gasteiger partial charge >= 0.3 is 5.82 Å². The van der Waals surface area contributed by atoms with Crippen LogP contribution in [0.4, 0.5) is 5.82 Å². The molecular weight excluding hydrogens is 330 g/mol. The molecule has 1 aromatic rings. The zero-order chi connectivity index (χ0) is 14.8. The average molecular weight is 346 g/mol. The summed E-state index contributed by atoms with van der Waals surface area (Å²) in [6.45, 7) is 1.19. The van der Waals surface area contributed by atoms with Crippen LogP contribution in [0.15, 0.2) is 12.1 Å². The molecule has 1 amide bonds. The van der Waals surface area contributed by atoms with Gasteiger partial charge < -0.3 is 20.2 Å². The fraction of sp³-hybridized carbons (Fsp3) is 0.583. The zero-order valence-corrected chi connectivity index (χ0v) is 12.7. The number of halogens is 1. The Labute approximate surface area is 124 Å². The fourth-order valence-corrected chi connectivity index (χ4v) is 2.97. The molecule has 0 unspecified atom stereocenters. The third-order valence-corrected chi connectivity index (χ3v) is 4.67. The molecule has 0 aromatic carbocycles. The van der Waals surface area contributed by atoms with E-state index in [4.69, 9.17) is 4.74 Å². The van der Waals surface area contributed by atoms with Crippen LogP contribution in [0.5, 0.6) is 0 Å². The van der Waals surface area contributed by atoms with Gasteiger partial charge in [0.15, 0.2) is 5.69 Å². The monoisotopic (exact) mass is 345 g/mol. The van der Waals surface area contributed by atoms with E-state index in [0.717, 1.165) is 12.8 Å². The maximum absolute atomic E-state index is 12.3. The van der Waals surface area contributed by atoms with E-state index >= 15 is 0 Å². The Balaban J connectivity index is 2.17. The topological polar surface area (TPSA) is 86.4 Å². The van der Waals surface area contributed by atoms with E-state index in [0.29, 0.717) is 18.5 Å². The van der Waals surface area contributed by atoms with Gasteiger partial charge in [-0.2, -0.15) is 0 Å². The average Bonchev–Trinajstić information content (AvgIpc) is 2.82. The summed E-state index contributed by atoms with van der Waals surface area (Å²) in [6, 6.07) is 2.80. The first kappa shape index (κ1) is 15.0. The highest BCUT2D eigenvalue weighted by atomic mass is 79.9. The number of amides is 1. The lowest BCUT2D eigenvalue weighted by molar-refractivity contribution is -0.391. The molecule has 0 radical (unpaired) electrons. The van der Waals surface area contributed by atoms with Crippen molar-refractivity contribution in [3.8, 4) is 0 Å². The molecule has 110 valence electrons. The van der Waals surface area contributed by atoms with Crippen molar-refractivity contribution < 1.29 is 14.5 Å². The van der Waals surface area contributed by atoms with Gasteiger partial charge in [0, 0.05) is 24.6 Å². The third-order valence-electron chi connectivity index (χ3n) is 3.60. The van der Waals surface area contributed by atoms with Gasteiger partial charge in [-0.1, -0.05) is 15.9 Å². The van der Waals surface area contributed by atoms with Gasteiger partial charge in [-0.25, -0.2) is 4.57 Å². The number of nitro groups is 1. The predicted molar refractivity (Wildman–Crippen MR) is 76.1 cm³/mol. The molecule has 0 saturated carbocycles. The molecule has 7 nitrogen and oxygen atoms in total. The minimum Gasteiger partial charge on any atom is -0.381 e. The zero-order valence-electron chi connectivity index (χ0n) is 11.1. The molecule has 0 bridgehead atoms. The number of alkyl halides is 1. The third kappa shape index (κ3) is 2.85. The van der Waals surface area contributed by atoms with Crippen LogP contribution in [0.25, 0.3) is 0 Å². The van der Waals surface area contributed by atoms with Crippen molar-refractivity contribution in [2.24, 2.45) is 7.05 Å². The largest absolute Gasteiger partial charge is 0.381 e. The van der Waals surface area contributed by atoms with Crippen LogP contribution in [-0.4, -0.2) is 39.5 Å². The molecule has 1 saturated heterocycles. The summed E-state index contributed by atoms with van der Waals surface area (Å²) in [7, 11) is 1.51. The maximum Gasteiger partial charge on any atom is 0.323 e. The van der Waals surface area contributed by atoms with Crippen molar-refractivity contribution in [3.63, 3.8) is 0 Å². The van der Waals surface area contributed by atoms with Gasteiger partial charge in [-0.3, -0.25) is 4.79 Å². The number of hydrogen-bond acceptors (Lipinski definition) is 4. The van der Waals surface area contributed by atoms with Crippen molar-refractivity contribution in [1.82, 2.24) is 9.88 Å². The molecule has 0 aliphatic carbocycles. The van der Waals surface area contributed by atoms with E-state index in [2.05, 4.69) is 21.2 Å². The fourth-order valence-electron chi connectivity index (χ4n) is 2.27. The SMILES string of the molecule is Cn1c(C(=O)NC2(CBr)CCOCC2)ccc1[N+](=O)[O-]. The van der Waals surface area contributed by atoms with Crippen molar-refractivity contribution in [2.75, 3.05) is 18.5 Å². The predicted octanol–water partition coefficient (Wildman–Crippen LogP) is 1.61. The van der Waals surface area contributed by atoms with Crippen LogP contribution in [0.2, 0.25) is 0 Å². The molecule has 1 N–H and O–H groups in total. The molecule has 1 aliphatic heterocycles. The first-order valence-corrected chi connectivity index (χ1v) is 7.37. The summed E-state index contributed by atoms with van der Waals surface area (Å²) in [5.41, 5.74) is -0.0718. The van der Waals surface area contributed by atoms with Crippen LogP contribution in [-0.2, 0) is 11.8 Å². The van der Waals surface area contributed by atoms with E-state index < -0.39 is 4.92 Å². The summed E-state index contributed by atoms with van der Waals surface area (Å²) in [6.07, 6.45) is 1.44. The molecule has 8 heteroatoms. The standard InChI is InChI=1S/C12H16BrN3O4/c1-15-9(2-3-10(15)16(18)19)11(17)14-12(8-13)4-6-20-7-5-12/h2-3H,4-8H2,1H3,(H,14,17). The number of aromatic nitrogens is 1. The van der Waals surface area contributed by atoms with E-state index in [1.54, 1.807) is 0 Å². The Morgan fingerprint density at radius 2 is 2.20 bits per heavy atom. The number of ether oxygens (including phenoxy) is 1. The second kappa shape index (κ2) is 5.92. The second-order valence-electron chi connectivity index (χ2n) is 4.87. The first-order chi connectivity index (χ1) is 9.49. The smallest absolute Gasteiger partial charge is 0.323 e. The van der Waals surface area contributed by atoms with Crippen molar-refractivity contribution in [2.45, 2.75) is 18.4 Å². The van der Waals surface area contributed by atoms with E-state index in [1.807, 2.05) is 0 Å². The van der Waals surface area contributed by atoms with Gasteiger partial charge in [0.05, 0.1) is 12.6 Å². The van der Waals surface area contributed by atoms with Gasteiger partial charge in [-0.05, 0) is 23.8 Å². The Morgan fingerprint density at radius 3 is 2.70 bits per heavy atom. The second-order valence-corrected chi connectivity index (χ2v) is 5.43. The number of carbonyl (C=O) groups is 1. The first-order valence-electron chi connectivity index (χ1n) is 6.25. The molecule has 0 atom stereocenters. The molecule has 2 rings (SSSR count). The van der Waals surface area contributed by atoms with Crippen molar-refractivity contribution in [3.05, 3.63) is 27.9 Å². The highest BCUT2D eigenvalue weighted by Crippen LogP contribution is 2.24. The highest BCUT2D eigenvalue weighted by molar-refractivity contribution is 9.09. The normalized spacial score (nSPS) is 17.7. The highest BCUT2D eigenvalue weighted by Gasteiger charge is 2.35. The lowest BCUT2D eigenvalue weighted by Gasteiger charge is -2.36. The maximum atomic E-state index is 12.3. The lowest BCUT2D eigenvalue weighted by atomic mass is 9.92. The molecule has 0 spiro atoms. The summed E-state index contributed by atoms with van der Waals surface area (Å²) < 4.78 is 6.59. The van der Waals surface area contributed by atoms with Crippen LogP contribution >= 0.6 is 15.9 Å². The molecule has 1 aliphatic rings. The lowest BCUT2D eigenvalue weighted by Crippen LogP contribution is -2.53. The Bertz CT molecular complexity index is 523. The van der Waals surface area contributed by atoms with Gasteiger partial charge in [0.1, 0.15) is 0 Å². The summed E-state index contributed by atoms with van der Waals surface area (Å²) in [5.74, 6) is -0.406. The number of carbonyl (C=O) groups excluding carboxylic acids is 1.